The molecule has 0 radical (unpaired) electrons. The van der Waals surface area contributed by atoms with Crippen LogP contribution >= 0.6 is 0 Å². The van der Waals surface area contributed by atoms with Gasteiger partial charge in [0.1, 0.15) is 0 Å². The monoisotopic (exact) mass is 278 g/mol. The highest BCUT2D eigenvalue weighted by Crippen LogP contribution is 2.24. The Morgan fingerprint density at radius 2 is 1.05 bits per heavy atom. The fourth-order valence-electron chi connectivity index (χ4n) is 3.08. The summed E-state index contributed by atoms with van der Waals surface area (Å²) in [6.45, 7) is 8.60. The Bertz CT molecular complexity index is 659. The van der Waals surface area contributed by atoms with Gasteiger partial charge in [-0.05, 0) is 72.9 Å². The largest absolute Gasteiger partial charge is 0.350 e. The Kier molecular flexibility index (Phi) is 3.70. The maximum absolute atomic E-state index is 2.32. The van der Waals surface area contributed by atoms with E-state index in [1.54, 1.807) is 0 Å². The first-order valence-electron chi connectivity index (χ1n) is 7.45. The lowest BCUT2D eigenvalue weighted by Crippen LogP contribution is -2.08. The second-order valence-corrected chi connectivity index (χ2v) is 5.80. The van der Waals surface area contributed by atoms with Crippen molar-refractivity contribution in [1.29, 1.82) is 0 Å². The van der Waals surface area contributed by atoms with Gasteiger partial charge in [0.25, 0.3) is 0 Å². The van der Waals surface area contributed by atoms with Gasteiger partial charge in [-0.3, -0.25) is 0 Å². The summed E-state index contributed by atoms with van der Waals surface area (Å²) in [5.74, 6) is 0. The summed E-state index contributed by atoms with van der Waals surface area (Å²) in [7, 11) is 0. The van der Waals surface area contributed by atoms with Crippen molar-refractivity contribution in [3.63, 3.8) is 0 Å². The van der Waals surface area contributed by atoms with Crippen molar-refractivity contribution in [3.8, 4) is 0 Å². The molecule has 3 rings (SSSR count). The van der Waals surface area contributed by atoms with Gasteiger partial charge in [0.2, 0.25) is 0 Å². The van der Waals surface area contributed by atoms with Crippen LogP contribution in [0.4, 0.5) is 0 Å². The van der Waals surface area contributed by atoms with Gasteiger partial charge in [0.05, 0.1) is 0 Å². The van der Waals surface area contributed by atoms with Crippen LogP contribution in [0.25, 0.3) is 0 Å². The summed E-state index contributed by atoms with van der Waals surface area (Å²) < 4.78 is 4.48. The zero-order valence-corrected chi connectivity index (χ0v) is 13.0. The van der Waals surface area contributed by atoms with Gasteiger partial charge in [0, 0.05) is 37.9 Å². The summed E-state index contributed by atoms with van der Waals surface area (Å²) in [5.41, 5.74) is 7.08. The maximum atomic E-state index is 2.32. The summed E-state index contributed by atoms with van der Waals surface area (Å²) in [6, 6.07) is 10.7. The van der Waals surface area contributed by atoms with E-state index in [2.05, 4.69) is 85.0 Å². The fourth-order valence-corrected chi connectivity index (χ4v) is 3.08. The molecule has 1 aromatic carbocycles. The number of benzene rings is 1. The molecule has 108 valence electrons. The van der Waals surface area contributed by atoms with Crippen LogP contribution in [0.15, 0.2) is 55.1 Å². The third-order valence-corrected chi connectivity index (χ3v) is 4.30. The molecule has 2 heterocycles. The molecule has 2 heteroatoms. The van der Waals surface area contributed by atoms with E-state index < -0.39 is 0 Å². The third kappa shape index (κ3) is 2.80. The minimum atomic E-state index is 0.948. The molecule has 3 aromatic rings. The number of hydrogen-bond acceptors (Lipinski definition) is 0. The average molecular weight is 278 g/mol. The van der Waals surface area contributed by atoms with Crippen LogP contribution in [0, 0.1) is 20.8 Å². The van der Waals surface area contributed by atoms with Crippen molar-refractivity contribution in [2.24, 2.45) is 0 Å². The van der Waals surface area contributed by atoms with Crippen LogP contribution in [0.3, 0.4) is 0 Å². The third-order valence-electron chi connectivity index (χ3n) is 4.30. The van der Waals surface area contributed by atoms with Gasteiger partial charge in [-0.15, -0.1) is 0 Å². The van der Waals surface area contributed by atoms with Crippen molar-refractivity contribution in [2.45, 2.75) is 33.9 Å². The molecule has 2 aromatic heterocycles. The molecule has 0 saturated heterocycles. The smallest absolute Gasteiger partial charge is 0.0475 e. The molecule has 0 aliphatic carbocycles. The molecule has 0 amide bonds. The molecule has 0 unspecified atom stereocenters. The molecular weight excluding hydrogens is 256 g/mol. The number of nitrogens with zero attached hydrogens (tertiary/aromatic N) is 2. The van der Waals surface area contributed by atoms with Gasteiger partial charge < -0.3 is 9.13 Å². The Hall–Kier alpha value is -2.22. The lowest BCUT2D eigenvalue weighted by Gasteiger charge is -2.18. The molecular formula is C19H22N2. The van der Waals surface area contributed by atoms with Gasteiger partial charge in [-0.2, -0.15) is 0 Å². The van der Waals surface area contributed by atoms with E-state index in [1.165, 1.54) is 27.8 Å². The van der Waals surface area contributed by atoms with Crippen molar-refractivity contribution in [3.05, 3.63) is 82.9 Å². The number of aromatic nitrogens is 2. The molecule has 0 spiro atoms. The minimum absolute atomic E-state index is 0.948. The SMILES string of the molecule is Cc1cc(C)c(Cn2cccc2)c(C)c1Cn1cccc1. The highest BCUT2D eigenvalue weighted by atomic mass is 14.9. The summed E-state index contributed by atoms with van der Waals surface area (Å²) >= 11 is 0. The Morgan fingerprint density at radius 1 is 0.667 bits per heavy atom. The zero-order valence-electron chi connectivity index (χ0n) is 13.0. The quantitative estimate of drug-likeness (QED) is 0.673. The topological polar surface area (TPSA) is 9.86 Å². The van der Waals surface area contributed by atoms with Crippen LogP contribution < -0.4 is 0 Å². The normalized spacial score (nSPS) is 11.0. The second-order valence-electron chi connectivity index (χ2n) is 5.80. The van der Waals surface area contributed by atoms with Crippen LogP contribution in [-0.4, -0.2) is 9.13 Å². The van der Waals surface area contributed by atoms with Crippen LogP contribution in [-0.2, 0) is 13.1 Å². The fraction of sp³-hybridized carbons (Fsp3) is 0.263. The molecule has 21 heavy (non-hydrogen) atoms. The molecule has 0 bridgehead atoms. The molecule has 0 aliphatic rings. The lowest BCUT2D eigenvalue weighted by molar-refractivity contribution is 0.767. The summed E-state index contributed by atoms with van der Waals surface area (Å²) in [4.78, 5) is 0. The first-order chi connectivity index (χ1) is 10.1. The summed E-state index contributed by atoms with van der Waals surface area (Å²) in [6.07, 6.45) is 8.52. The van der Waals surface area contributed by atoms with E-state index >= 15 is 0 Å². The van der Waals surface area contributed by atoms with E-state index in [4.69, 9.17) is 0 Å². The van der Waals surface area contributed by atoms with E-state index in [1.807, 2.05) is 0 Å². The van der Waals surface area contributed by atoms with Gasteiger partial charge >= 0.3 is 0 Å². The summed E-state index contributed by atoms with van der Waals surface area (Å²) in [5, 5.41) is 0. The number of hydrogen-bond donors (Lipinski definition) is 0. The van der Waals surface area contributed by atoms with Gasteiger partial charge in [0.15, 0.2) is 0 Å². The van der Waals surface area contributed by atoms with E-state index in [9.17, 15) is 0 Å². The van der Waals surface area contributed by atoms with Crippen LogP contribution in [0.2, 0.25) is 0 Å². The maximum Gasteiger partial charge on any atom is 0.0475 e. The predicted octanol–water partition coefficient (Wildman–Crippen LogP) is 4.31. The minimum Gasteiger partial charge on any atom is -0.350 e. The first-order valence-corrected chi connectivity index (χ1v) is 7.45. The Balaban J connectivity index is 2.00. The van der Waals surface area contributed by atoms with Crippen molar-refractivity contribution < 1.29 is 0 Å². The predicted molar refractivity (Wildman–Crippen MR) is 87.7 cm³/mol. The molecule has 0 saturated carbocycles. The Morgan fingerprint density at radius 3 is 1.43 bits per heavy atom. The standard InChI is InChI=1S/C19H22N2/c1-15-12-16(2)19(14-21-10-6-7-11-21)17(3)18(15)13-20-8-4-5-9-20/h4-12H,13-14H2,1-3H3. The Labute approximate surface area is 126 Å². The molecule has 0 aliphatic heterocycles. The number of aryl methyl sites for hydroxylation is 2. The lowest BCUT2D eigenvalue weighted by atomic mass is 9.93. The molecule has 0 N–H and O–H groups in total. The van der Waals surface area contributed by atoms with Gasteiger partial charge in [-0.25, -0.2) is 0 Å². The average Bonchev–Trinajstić information content (AvgIpc) is 3.13. The van der Waals surface area contributed by atoms with Crippen LogP contribution in [0.1, 0.15) is 27.8 Å². The van der Waals surface area contributed by atoms with E-state index in [-0.39, 0.29) is 0 Å². The first kappa shape index (κ1) is 13.7. The molecule has 0 fully saturated rings. The van der Waals surface area contributed by atoms with Crippen LogP contribution in [0.5, 0.6) is 0 Å². The molecule has 2 nitrogen and oxygen atoms in total. The van der Waals surface area contributed by atoms with Crippen molar-refractivity contribution in [1.82, 2.24) is 9.13 Å². The van der Waals surface area contributed by atoms with E-state index in [0.29, 0.717) is 0 Å². The molecule has 0 atom stereocenters. The highest BCUT2D eigenvalue weighted by Gasteiger charge is 2.11. The van der Waals surface area contributed by atoms with Crippen molar-refractivity contribution >= 4 is 0 Å². The zero-order chi connectivity index (χ0) is 14.8. The van der Waals surface area contributed by atoms with Gasteiger partial charge in [-0.1, -0.05) is 6.07 Å². The van der Waals surface area contributed by atoms with E-state index in [0.717, 1.165) is 13.1 Å². The second kappa shape index (κ2) is 5.65. The number of rotatable bonds is 4. The highest BCUT2D eigenvalue weighted by molar-refractivity contribution is 5.45. The van der Waals surface area contributed by atoms with Crippen molar-refractivity contribution in [2.75, 3.05) is 0 Å².